The molecule has 1 aromatic carbocycles. The standard InChI is InChI=1S/C17H15ClF3NO2/c1-11-8-15(23-7-6-12(2)18)22-16(9-11)24-14-5-3-4-13(10-14)17(19,20)21/h3-6,8-10H,7H2,1-2H3. The van der Waals surface area contributed by atoms with Crippen molar-refractivity contribution in [1.82, 2.24) is 4.98 Å². The minimum absolute atomic E-state index is 0.0466. The van der Waals surface area contributed by atoms with E-state index in [1.54, 1.807) is 32.1 Å². The van der Waals surface area contributed by atoms with Crippen LogP contribution in [-0.2, 0) is 6.18 Å². The fraction of sp³-hybridized carbons (Fsp3) is 0.235. The molecule has 0 fully saturated rings. The Hall–Kier alpha value is -2.21. The Balaban J connectivity index is 2.18. The highest BCUT2D eigenvalue weighted by Gasteiger charge is 2.30. The molecule has 7 heteroatoms. The number of alkyl halides is 3. The fourth-order valence-electron chi connectivity index (χ4n) is 1.83. The van der Waals surface area contributed by atoms with Gasteiger partial charge in [0.1, 0.15) is 12.4 Å². The van der Waals surface area contributed by atoms with Crippen molar-refractivity contribution in [3.8, 4) is 17.5 Å². The lowest BCUT2D eigenvalue weighted by atomic mass is 10.2. The van der Waals surface area contributed by atoms with Gasteiger partial charge in [-0.15, -0.1) is 0 Å². The normalized spacial score (nSPS) is 12.2. The predicted molar refractivity (Wildman–Crippen MR) is 85.6 cm³/mol. The molecule has 1 aromatic heterocycles. The number of aromatic nitrogens is 1. The smallest absolute Gasteiger partial charge is 0.416 e. The van der Waals surface area contributed by atoms with Gasteiger partial charge in [0.05, 0.1) is 5.56 Å². The van der Waals surface area contributed by atoms with Crippen molar-refractivity contribution in [1.29, 1.82) is 0 Å². The SMILES string of the molecule is CC(Cl)=CCOc1cc(C)cc(Oc2cccc(C(F)(F)F)c2)n1. The number of ether oxygens (including phenoxy) is 2. The highest BCUT2D eigenvalue weighted by Crippen LogP contribution is 2.32. The molecule has 0 aliphatic rings. The Labute approximate surface area is 142 Å². The second kappa shape index (κ2) is 7.57. The number of aryl methyl sites for hydroxylation is 1. The van der Waals surface area contributed by atoms with Crippen LogP contribution < -0.4 is 9.47 Å². The summed E-state index contributed by atoms with van der Waals surface area (Å²) in [6, 6.07) is 7.90. The van der Waals surface area contributed by atoms with E-state index < -0.39 is 11.7 Å². The van der Waals surface area contributed by atoms with E-state index in [2.05, 4.69) is 4.98 Å². The Morgan fingerprint density at radius 2 is 1.92 bits per heavy atom. The van der Waals surface area contributed by atoms with Gasteiger partial charge in [0.2, 0.25) is 11.8 Å². The van der Waals surface area contributed by atoms with Crippen LogP contribution in [0.1, 0.15) is 18.1 Å². The van der Waals surface area contributed by atoms with Crippen LogP contribution in [0.15, 0.2) is 47.5 Å². The first-order valence-electron chi connectivity index (χ1n) is 7.03. The minimum Gasteiger partial charge on any atom is -0.473 e. The van der Waals surface area contributed by atoms with Gasteiger partial charge in [-0.2, -0.15) is 18.2 Å². The number of pyridine rings is 1. The number of allylic oxidation sites excluding steroid dienone is 1. The maximum atomic E-state index is 12.7. The summed E-state index contributed by atoms with van der Waals surface area (Å²) in [6.07, 6.45) is -2.77. The van der Waals surface area contributed by atoms with Gasteiger partial charge in [-0.1, -0.05) is 17.7 Å². The average molecular weight is 358 g/mol. The van der Waals surface area contributed by atoms with Crippen LogP contribution in [0.4, 0.5) is 13.2 Å². The molecule has 0 bridgehead atoms. The van der Waals surface area contributed by atoms with Gasteiger partial charge in [0.15, 0.2) is 0 Å². The molecule has 1 heterocycles. The Kier molecular flexibility index (Phi) is 5.72. The minimum atomic E-state index is -4.43. The van der Waals surface area contributed by atoms with Crippen LogP contribution in [0.25, 0.3) is 0 Å². The van der Waals surface area contributed by atoms with Crippen molar-refractivity contribution in [3.63, 3.8) is 0 Å². The lowest BCUT2D eigenvalue weighted by Gasteiger charge is -2.11. The highest BCUT2D eigenvalue weighted by atomic mass is 35.5. The molecule has 0 spiro atoms. The second-order valence-electron chi connectivity index (χ2n) is 5.05. The van der Waals surface area contributed by atoms with E-state index in [1.165, 1.54) is 12.1 Å². The largest absolute Gasteiger partial charge is 0.473 e. The Bertz CT molecular complexity index is 741. The third-order valence-corrected chi connectivity index (χ3v) is 3.06. The van der Waals surface area contributed by atoms with E-state index in [4.69, 9.17) is 21.1 Å². The molecule has 0 unspecified atom stereocenters. The lowest BCUT2D eigenvalue weighted by molar-refractivity contribution is -0.137. The van der Waals surface area contributed by atoms with Gasteiger partial charge >= 0.3 is 6.18 Å². The van der Waals surface area contributed by atoms with Gasteiger partial charge in [-0.3, -0.25) is 0 Å². The fourth-order valence-corrected chi connectivity index (χ4v) is 1.89. The van der Waals surface area contributed by atoms with E-state index in [9.17, 15) is 13.2 Å². The summed E-state index contributed by atoms with van der Waals surface area (Å²) in [5, 5.41) is 0.586. The van der Waals surface area contributed by atoms with Gasteiger partial charge < -0.3 is 9.47 Å². The first kappa shape index (κ1) is 18.1. The van der Waals surface area contributed by atoms with E-state index in [1.807, 2.05) is 0 Å². The summed E-state index contributed by atoms with van der Waals surface area (Å²) in [4.78, 5) is 4.12. The molecule has 0 saturated heterocycles. The number of rotatable bonds is 5. The molecule has 0 aliphatic heterocycles. The second-order valence-corrected chi connectivity index (χ2v) is 5.65. The summed E-state index contributed by atoms with van der Waals surface area (Å²) in [6.45, 7) is 3.75. The first-order chi connectivity index (χ1) is 11.2. The van der Waals surface area contributed by atoms with Crippen LogP contribution in [0.5, 0.6) is 17.5 Å². The zero-order valence-corrected chi connectivity index (χ0v) is 13.8. The summed E-state index contributed by atoms with van der Waals surface area (Å²) < 4.78 is 49.0. The van der Waals surface area contributed by atoms with Crippen molar-refractivity contribution < 1.29 is 22.6 Å². The van der Waals surface area contributed by atoms with Gasteiger partial charge in [-0.05, 0) is 43.7 Å². The molecule has 0 saturated carbocycles. The van der Waals surface area contributed by atoms with Crippen molar-refractivity contribution in [2.45, 2.75) is 20.0 Å². The van der Waals surface area contributed by atoms with E-state index in [-0.39, 0.29) is 18.2 Å². The molecule has 128 valence electrons. The Morgan fingerprint density at radius 1 is 1.21 bits per heavy atom. The molecule has 3 nitrogen and oxygen atoms in total. The van der Waals surface area contributed by atoms with Crippen LogP contribution in [-0.4, -0.2) is 11.6 Å². The maximum Gasteiger partial charge on any atom is 0.416 e. The van der Waals surface area contributed by atoms with Crippen LogP contribution in [0, 0.1) is 6.92 Å². The van der Waals surface area contributed by atoms with Gasteiger partial charge in [0.25, 0.3) is 0 Å². The quantitative estimate of drug-likeness (QED) is 0.685. The lowest BCUT2D eigenvalue weighted by Crippen LogP contribution is -2.04. The molecular weight excluding hydrogens is 343 g/mol. The molecular formula is C17H15ClF3NO2. The third-order valence-electron chi connectivity index (χ3n) is 2.90. The topological polar surface area (TPSA) is 31.4 Å². The summed E-state index contributed by atoms with van der Waals surface area (Å²) in [7, 11) is 0. The van der Waals surface area contributed by atoms with E-state index in [0.717, 1.165) is 17.7 Å². The molecule has 2 aromatic rings. The Morgan fingerprint density at radius 3 is 2.58 bits per heavy atom. The number of hydrogen-bond acceptors (Lipinski definition) is 3. The van der Waals surface area contributed by atoms with Gasteiger partial charge in [-0.25, -0.2) is 0 Å². The number of benzene rings is 1. The predicted octanol–water partition coefficient (Wildman–Crippen LogP) is 5.72. The zero-order valence-electron chi connectivity index (χ0n) is 13.0. The van der Waals surface area contributed by atoms with Crippen LogP contribution >= 0.6 is 11.6 Å². The summed E-state index contributed by atoms with van der Waals surface area (Å²) >= 11 is 5.71. The molecule has 24 heavy (non-hydrogen) atoms. The zero-order chi connectivity index (χ0) is 17.7. The van der Waals surface area contributed by atoms with E-state index >= 15 is 0 Å². The van der Waals surface area contributed by atoms with Crippen molar-refractivity contribution in [3.05, 3.63) is 58.6 Å². The van der Waals surface area contributed by atoms with E-state index in [0.29, 0.717) is 10.9 Å². The highest BCUT2D eigenvalue weighted by molar-refractivity contribution is 6.29. The van der Waals surface area contributed by atoms with Crippen molar-refractivity contribution >= 4 is 11.6 Å². The molecule has 0 amide bonds. The van der Waals surface area contributed by atoms with Crippen LogP contribution in [0.3, 0.4) is 0 Å². The van der Waals surface area contributed by atoms with Gasteiger partial charge in [0, 0.05) is 17.2 Å². The van der Waals surface area contributed by atoms with Crippen LogP contribution in [0.2, 0.25) is 0 Å². The molecule has 0 N–H and O–H groups in total. The number of halogens is 4. The third kappa shape index (κ3) is 5.45. The maximum absolute atomic E-state index is 12.7. The molecule has 0 atom stereocenters. The van der Waals surface area contributed by atoms with Crippen molar-refractivity contribution in [2.75, 3.05) is 6.61 Å². The summed E-state index contributed by atoms with van der Waals surface area (Å²) in [5.74, 6) is 0.493. The molecule has 0 aliphatic carbocycles. The average Bonchev–Trinajstić information content (AvgIpc) is 2.45. The molecule has 0 radical (unpaired) electrons. The first-order valence-corrected chi connectivity index (χ1v) is 7.41. The number of hydrogen-bond donors (Lipinski definition) is 0. The molecule has 2 rings (SSSR count). The number of nitrogens with zero attached hydrogens (tertiary/aromatic N) is 1. The monoisotopic (exact) mass is 357 g/mol. The summed E-state index contributed by atoms with van der Waals surface area (Å²) in [5.41, 5.74) is 0.0143. The van der Waals surface area contributed by atoms with Crippen molar-refractivity contribution in [2.24, 2.45) is 0 Å².